The summed E-state index contributed by atoms with van der Waals surface area (Å²) in [7, 11) is 1.61. The third kappa shape index (κ3) is 5.84. The fourth-order valence-electron chi connectivity index (χ4n) is 3.43. The second-order valence-corrected chi connectivity index (χ2v) is 9.11. The number of nitrogens with one attached hydrogen (secondary N) is 1. The Kier molecular flexibility index (Phi) is 6.73. The lowest BCUT2D eigenvalue weighted by Gasteiger charge is -2.16. The Morgan fingerprint density at radius 2 is 1.94 bits per heavy atom. The number of benzene rings is 2. The topological polar surface area (TPSA) is 109 Å². The summed E-state index contributed by atoms with van der Waals surface area (Å²) in [5.74, 6) is 2.81. The molecule has 9 nitrogen and oxygen atoms in total. The maximum atomic E-state index is 12.8. The van der Waals surface area contributed by atoms with Gasteiger partial charge in [0.15, 0.2) is 5.13 Å². The molecule has 35 heavy (non-hydrogen) atoms. The number of anilines is 1. The van der Waals surface area contributed by atoms with Crippen molar-refractivity contribution in [3.63, 3.8) is 0 Å². The van der Waals surface area contributed by atoms with Crippen molar-refractivity contribution in [2.45, 2.75) is 31.8 Å². The van der Waals surface area contributed by atoms with Gasteiger partial charge in [-0.15, -0.1) is 21.5 Å². The lowest BCUT2D eigenvalue weighted by molar-refractivity contribution is 0.0916. The molecule has 1 atom stereocenters. The molecular formula is C25H24N4O5S. The van der Waals surface area contributed by atoms with Crippen molar-refractivity contribution in [1.82, 2.24) is 15.2 Å². The van der Waals surface area contributed by atoms with Crippen LogP contribution in [-0.2, 0) is 4.74 Å². The van der Waals surface area contributed by atoms with E-state index >= 15 is 0 Å². The molecule has 1 aliphatic carbocycles. The van der Waals surface area contributed by atoms with Crippen molar-refractivity contribution in [2.24, 2.45) is 0 Å². The van der Waals surface area contributed by atoms with Crippen molar-refractivity contribution < 1.29 is 23.4 Å². The number of aromatic nitrogens is 3. The van der Waals surface area contributed by atoms with E-state index in [4.69, 9.17) is 18.6 Å². The summed E-state index contributed by atoms with van der Waals surface area (Å²) in [5, 5.41) is 13.4. The highest BCUT2D eigenvalue weighted by Gasteiger charge is 2.29. The van der Waals surface area contributed by atoms with Crippen LogP contribution in [0.25, 0.3) is 11.5 Å². The molecule has 0 aliphatic heterocycles. The van der Waals surface area contributed by atoms with E-state index in [1.165, 1.54) is 11.3 Å². The van der Waals surface area contributed by atoms with E-state index in [-0.39, 0.29) is 12.0 Å². The van der Waals surface area contributed by atoms with E-state index in [9.17, 15) is 4.79 Å². The highest BCUT2D eigenvalue weighted by molar-refractivity contribution is 7.13. The number of amides is 1. The fraction of sp³-hybridized carbons (Fsp3) is 0.280. The first-order chi connectivity index (χ1) is 17.1. The molecule has 1 unspecified atom stereocenters. The third-order valence-electron chi connectivity index (χ3n) is 5.24. The van der Waals surface area contributed by atoms with Gasteiger partial charge in [-0.1, -0.05) is 0 Å². The number of ether oxygens (including phenoxy) is 3. The van der Waals surface area contributed by atoms with Gasteiger partial charge >= 0.3 is 0 Å². The van der Waals surface area contributed by atoms with Gasteiger partial charge < -0.3 is 18.6 Å². The van der Waals surface area contributed by atoms with Crippen molar-refractivity contribution in [3.05, 3.63) is 65.5 Å². The molecule has 2 aromatic carbocycles. The number of hydrogen-bond acceptors (Lipinski definition) is 9. The molecule has 2 heterocycles. The fourth-order valence-corrected chi connectivity index (χ4v) is 3.96. The SMILES string of the molecule is COCC(C)Oc1cc(Oc2ccc(-c3nnc(C4CC4)o3)cc2)cc(C(=O)Nc2nccs2)c1. The lowest BCUT2D eigenvalue weighted by atomic mass is 10.1. The number of rotatable bonds is 10. The van der Waals surface area contributed by atoms with Gasteiger partial charge in [0.25, 0.3) is 5.91 Å². The molecular weight excluding hydrogens is 468 g/mol. The molecule has 5 rings (SSSR count). The molecule has 0 bridgehead atoms. The average Bonchev–Trinajstić information content (AvgIpc) is 3.34. The quantitative estimate of drug-likeness (QED) is 0.308. The van der Waals surface area contributed by atoms with Crippen LogP contribution >= 0.6 is 11.3 Å². The molecule has 1 amide bonds. The van der Waals surface area contributed by atoms with E-state index < -0.39 is 0 Å². The maximum absolute atomic E-state index is 12.8. The Labute approximate surface area is 206 Å². The molecule has 1 saturated carbocycles. The summed E-state index contributed by atoms with van der Waals surface area (Å²) in [6, 6.07) is 12.4. The average molecular weight is 493 g/mol. The first kappa shape index (κ1) is 23.0. The zero-order chi connectivity index (χ0) is 24.2. The van der Waals surface area contributed by atoms with Crippen LogP contribution < -0.4 is 14.8 Å². The number of carbonyl (C=O) groups is 1. The molecule has 0 saturated heterocycles. The van der Waals surface area contributed by atoms with Crippen molar-refractivity contribution in [1.29, 1.82) is 0 Å². The van der Waals surface area contributed by atoms with Crippen molar-refractivity contribution in [2.75, 3.05) is 19.0 Å². The number of nitrogens with zero attached hydrogens (tertiary/aromatic N) is 3. The molecule has 1 N–H and O–H groups in total. The minimum absolute atomic E-state index is 0.209. The molecule has 1 aliphatic rings. The standard InChI is InChI=1S/C25H24N4O5S/c1-15(14-31-2)32-20-11-18(22(30)27-25-26-9-10-35-25)12-21(13-20)33-19-7-5-17(6-8-19)24-29-28-23(34-24)16-3-4-16/h5-13,15-16H,3-4,14H2,1-2H3,(H,26,27,30). The number of carbonyl (C=O) groups excluding carboxylic acids is 1. The maximum Gasteiger partial charge on any atom is 0.257 e. The Morgan fingerprint density at radius 1 is 1.14 bits per heavy atom. The summed E-state index contributed by atoms with van der Waals surface area (Å²) in [6.45, 7) is 2.29. The highest BCUT2D eigenvalue weighted by atomic mass is 32.1. The third-order valence-corrected chi connectivity index (χ3v) is 5.93. The Hall–Kier alpha value is -3.76. The summed E-state index contributed by atoms with van der Waals surface area (Å²) in [5.41, 5.74) is 1.19. The largest absolute Gasteiger partial charge is 0.488 e. The molecule has 4 aromatic rings. The zero-order valence-electron chi connectivity index (χ0n) is 19.3. The minimum atomic E-state index is -0.312. The summed E-state index contributed by atoms with van der Waals surface area (Å²) in [4.78, 5) is 16.9. The van der Waals surface area contributed by atoms with Gasteiger partial charge in [-0.3, -0.25) is 10.1 Å². The second kappa shape index (κ2) is 10.2. The van der Waals surface area contributed by atoms with Gasteiger partial charge in [-0.25, -0.2) is 4.98 Å². The highest BCUT2D eigenvalue weighted by Crippen LogP contribution is 2.40. The van der Waals surface area contributed by atoms with Crippen LogP contribution in [0.15, 0.2) is 58.5 Å². The van der Waals surface area contributed by atoms with E-state index in [2.05, 4.69) is 20.5 Å². The van der Waals surface area contributed by atoms with Crippen molar-refractivity contribution in [3.8, 4) is 28.7 Å². The van der Waals surface area contributed by atoms with E-state index in [0.29, 0.717) is 52.2 Å². The second-order valence-electron chi connectivity index (χ2n) is 8.21. The molecule has 0 radical (unpaired) electrons. The van der Waals surface area contributed by atoms with Crippen molar-refractivity contribution >= 4 is 22.4 Å². The van der Waals surface area contributed by atoms with Gasteiger partial charge in [-0.2, -0.15) is 0 Å². The van der Waals surface area contributed by atoms with Gasteiger partial charge in [0.1, 0.15) is 23.4 Å². The summed E-state index contributed by atoms with van der Waals surface area (Å²) >= 11 is 1.34. The van der Waals surface area contributed by atoms with Gasteiger partial charge in [0, 0.05) is 41.8 Å². The van der Waals surface area contributed by atoms with Crippen LogP contribution in [0.1, 0.15) is 41.9 Å². The normalized spacial score (nSPS) is 13.9. The summed E-state index contributed by atoms with van der Waals surface area (Å²) in [6.07, 6.45) is 3.63. The minimum Gasteiger partial charge on any atom is -0.488 e. The van der Waals surface area contributed by atoms with Gasteiger partial charge in [0.05, 0.1) is 6.61 Å². The number of hydrogen-bond donors (Lipinski definition) is 1. The van der Waals surface area contributed by atoms with Gasteiger partial charge in [-0.05, 0) is 56.2 Å². The van der Waals surface area contributed by atoms with Crippen LogP contribution in [0.4, 0.5) is 5.13 Å². The number of methoxy groups -OCH3 is 1. The van der Waals surface area contributed by atoms with E-state index in [1.807, 2.05) is 31.2 Å². The predicted molar refractivity (Wildman–Crippen MR) is 130 cm³/mol. The van der Waals surface area contributed by atoms with E-state index in [1.54, 1.807) is 36.9 Å². The van der Waals surface area contributed by atoms with Crippen LogP contribution in [0.3, 0.4) is 0 Å². The Morgan fingerprint density at radius 3 is 2.66 bits per heavy atom. The van der Waals surface area contributed by atoms with Crippen LogP contribution in [-0.4, -0.2) is 40.9 Å². The predicted octanol–water partition coefficient (Wildman–Crippen LogP) is 5.53. The van der Waals surface area contributed by atoms with E-state index in [0.717, 1.165) is 18.4 Å². The molecule has 1 fully saturated rings. The number of thiazole rings is 1. The molecule has 2 aromatic heterocycles. The molecule has 0 spiro atoms. The van der Waals surface area contributed by atoms with Gasteiger partial charge in [0.2, 0.25) is 11.8 Å². The first-order valence-electron chi connectivity index (χ1n) is 11.2. The lowest BCUT2D eigenvalue weighted by Crippen LogP contribution is -2.18. The van der Waals surface area contributed by atoms with Crippen LogP contribution in [0.2, 0.25) is 0 Å². The Bertz CT molecular complexity index is 1290. The van der Waals surface area contributed by atoms with Crippen LogP contribution in [0, 0.1) is 0 Å². The molecule has 10 heteroatoms. The first-order valence-corrected chi connectivity index (χ1v) is 12.1. The summed E-state index contributed by atoms with van der Waals surface area (Å²) < 4.78 is 22.9. The zero-order valence-corrected chi connectivity index (χ0v) is 20.1. The smallest absolute Gasteiger partial charge is 0.257 e. The molecule has 180 valence electrons. The van der Waals surface area contributed by atoms with Crippen LogP contribution in [0.5, 0.6) is 17.2 Å². The monoisotopic (exact) mass is 492 g/mol. The Balaban J connectivity index is 1.35.